The van der Waals surface area contributed by atoms with Gasteiger partial charge in [-0.25, -0.2) is 4.52 Å². The van der Waals surface area contributed by atoms with Crippen LogP contribution in [-0.2, 0) is 0 Å². The Labute approximate surface area is 99.5 Å². The predicted molar refractivity (Wildman–Crippen MR) is 69.2 cm³/mol. The molecule has 0 fully saturated rings. The number of anilines is 1. The summed E-state index contributed by atoms with van der Waals surface area (Å²) in [6.45, 7) is 5.12. The summed E-state index contributed by atoms with van der Waals surface area (Å²) in [5.74, 6) is 0.700. The standard InChI is InChI=1S/C11H16N4S/c1-8-4-5-15-10(6-8)13-11(14-15)12-7-9(2)16-3/h4-6,9H,7H2,1-3H3,(H,12,14). The van der Waals surface area contributed by atoms with E-state index in [4.69, 9.17) is 0 Å². The normalized spacial score (nSPS) is 12.9. The Balaban J connectivity index is 2.13. The van der Waals surface area contributed by atoms with Crippen LogP contribution in [0.25, 0.3) is 5.65 Å². The fraction of sp³-hybridized carbons (Fsp3) is 0.455. The molecule has 16 heavy (non-hydrogen) atoms. The first-order valence-electron chi connectivity index (χ1n) is 5.29. The summed E-state index contributed by atoms with van der Waals surface area (Å²) >= 11 is 1.83. The number of fused-ring (bicyclic) bond motifs is 1. The molecule has 0 saturated carbocycles. The van der Waals surface area contributed by atoms with Gasteiger partial charge in [0.25, 0.3) is 0 Å². The van der Waals surface area contributed by atoms with Crippen LogP contribution in [0.5, 0.6) is 0 Å². The van der Waals surface area contributed by atoms with E-state index in [2.05, 4.69) is 35.5 Å². The Morgan fingerprint density at radius 3 is 3.12 bits per heavy atom. The van der Waals surface area contributed by atoms with Crippen LogP contribution < -0.4 is 5.32 Å². The number of thioether (sulfide) groups is 1. The second kappa shape index (κ2) is 4.74. The summed E-state index contributed by atoms with van der Waals surface area (Å²) in [6.07, 6.45) is 4.04. The third-order valence-corrected chi connectivity index (χ3v) is 3.41. The Bertz CT molecular complexity index is 480. The minimum atomic E-state index is 0.563. The van der Waals surface area contributed by atoms with Crippen LogP contribution in [0.4, 0.5) is 5.95 Å². The number of hydrogen-bond donors (Lipinski definition) is 1. The maximum Gasteiger partial charge on any atom is 0.243 e. The van der Waals surface area contributed by atoms with Crippen LogP contribution >= 0.6 is 11.8 Å². The second-order valence-corrected chi connectivity index (χ2v) is 5.15. The molecule has 2 aromatic heterocycles. The van der Waals surface area contributed by atoms with E-state index < -0.39 is 0 Å². The largest absolute Gasteiger partial charge is 0.352 e. The SMILES string of the molecule is CSC(C)CNc1nc2cc(C)ccn2n1. The summed E-state index contributed by atoms with van der Waals surface area (Å²) in [5.41, 5.74) is 2.09. The van der Waals surface area contributed by atoms with E-state index in [1.54, 1.807) is 4.52 Å². The molecule has 1 N–H and O–H groups in total. The number of rotatable bonds is 4. The predicted octanol–water partition coefficient (Wildman–Crippen LogP) is 2.20. The molecule has 0 aliphatic carbocycles. The number of nitrogens with one attached hydrogen (secondary N) is 1. The number of aromatic nitrogens is 3. The molecule has 0 spiro atoms. The van der Waals surface area contributed by atoms with Gasteiger partial charge in [-0.2, -0.15) is 16.7 Å². The summed E-state index contributed by atoms with van der Waals surface area (Å²) in [6, 6.07) is 4.05. The van der Waals surface area contributed by atoms with Crippen molar-refractivity contribution in [3.63, 3.8) is 0 Å². The quantitative estimate of drug-likeness (QED) is 0.883. The van der Waals surface area contributed by atoms with Gasteiger partial charge in [0.15, 0.2) is 5.65 Å². The van der Waals surface area contributed by atoms with E-state index in [9.17, 15) is 0 Å². The minimum Gasteiger partial charge on any atom is -0.352 e. The summed E-state index contributed by atoms with van der Waals surface area (Å²) in [5, 5.41) is 8.15. The molecule has 1 atom stereocenters. The highest BCUT2D eigenvalue weighted by Gasteiger charge is 2.04. The molecule has 0 amide bonds. The average Bonchev–Trinajstić information content (AvgIpc) is 2.67. The van der Waals surface area contributed by atoms with Crippen LogP contribution in [0.15, 0.2) is 18.3 Å². The van der Waals surface area contributed by atoms with Crippen molar-refractivity contribution in [1.82, 2.24) is 14.6 Å². The molecule has 0 aliphatic heterocycles. The van der Waals surface area contributed by atoms with E-state index in [1.165, 1.54) is 5.56 Å². The van der Waals surface area contributed by atoms with Crippen molar-refractivity contribution in [3.05, 3.63) is 23.9 Å². The molecule has 0 aromatic carbocycles. The molecule has 1 unspecified atom stereocenters. The molecule has 0 saturated heterocycles. The lowest BCUT2D eigenvalue weighted by molar-refractivity contribution is 0.931. The third-order valence-electron chi connectivity index (χ3n) is 2.44. The van der Waals surface area contributed by atoms with Crippen LogP contribution in [0.1, 0.15) is 12.5 Å². The van der Waals surface area contributed by atoms with Gasteiger partial charge in [0.1, 0.15) is 0 Å². The molecular weight excluding hydrogens is 220 g/mol. The fourth-order valence-electron chi connectivity index (χ4n) is 1.38. The van der Waals surface area contributed by atoms with Gasteiger partial charge in [-0.05, 0) is 30.9 Å². The Morgan fingerprint density at radius 2 is 2.38 bits per heavy atom. The van der Waals surface area contributed by atoms with E-state index in [0.29, 0.717) is 11.2 Å². The van der Waals surface area contributed by atoms with Crippen molar-refractivity contribution < 1.29 is 0 Å². The molecule has 5 heteroatoms. The minimum absolute atomic E-state index is 0.563. The van der Waals surface area contributed by atoms with E-state index in [1.807, 2.05) is 30.1 Å². The van der Waals surface area contributed by atoms with Crippen LogP contribution in [0.2, 0.25) is 0 Å². The molecule has 4 nitrogen and oxygen atoms in total. The van der Waals surface area contributed by atoms with E-state index in [-0.39, 0.29) is 0 Å². The van der Waals surface area contributed by atoms with Gasteiger partial charge in [0, 0.05) is 18.0 Å². The lowest BCUT2D eigenvalue weighted by Gasteiger charge is -2.06. The number of nitrogens with zero attached hydrogens (tertiary/aromatic N) is 3. The van der Waals surface area contributed by atoms with Crippen LogP contribution in [-0.4, -0.2) is 32.6 Å². The number of hydrogen-bond acceptors (Lipinski definition) is 4. The lowest BCUT2D eigenvalue weighted by Crippen LogP contribution is -2.13. The van der Waals surface area contributed by atoms with Crippen molar-refractivity contribution >= 4 is 23.4 Å². The second-order valence-electron chi connectivity index (χ2n) is 3.87. The zero-order valence-corrected chi connectivity index (χ0v) is 10.6. The maximum absolute atomic E-state index is 4.41. The molecular formula is C11H16N4S. The fourth-order valence-corrected chi connectivity index (χ4v) is 1.63. The topological polar surface area (TPSA) is 42.2 Å². The first kappa shape index (κ1) is 11.3. The first-order chi connectivity index (χ1) is 7.69. The molecule has 86 valence electrons. The average molecular weight is 236 g/mol. The van der Waals surface area contributed by atoms with Crippen molar-refractivity contribution in [1.29, 1.82) is 0 Å². The maximum atomic E-state index is 4.41. The smallest absolute Gasteiger partial charge is 0.243 e. The van der Waals surface area contributed by atoms with Gasteiger partial charge in [-0.15, -0.1) is 5.10 Å². The highest BCUT2D eigenvalue weighted by atomic mass is 32.2. The van der Waals surface area contributed by atoms with Gasteiger partial charge in [0.05, 0.1) is 0 Å². The Hall–Kier alpha value is -1.23. The molecule has 0 bridgehead atoms. The molecule has 0 radical (unpaired) electrons. The Kier molecular flexibility index (Phi) is 3.33. The first-order valence-corrected chi connectivity index (χ1v) is 6.57. The van der Waals surface area contributed by atoms with Crippen molar-refractivity contribution in [2.45, 2.75) is 19.1 Å². The van der Waals surface area contributed by atoms with Gasteiger partial charge < -0.3 is 5.32 Å². The number of aryl methyl sites for hydroxylation is 1. The van der Waals surface area contributed by atoms with Crippen LogP contribution in [0.3, 0.4) is 0 Å². The molecule has 2 heterocycles. The summed E-state index contributed by atoms with van der Waals surface area (Å²) in [7, 11) is 0. The van der Waals surface area contributed by atoms with E-state index in [0.717, 1.165) is 12.2 Å². The highest BCUT2D eigenvalue weighted by molar-refractivity contribution is 7.99. The van der Waals surface area contributed by atoms with Gasteiger partial charge >= 0.3 is 0 Å². The van der Waals surface area contributed by atoms with Crippen molar-refractivity contribution in [2.75, 3.05) is 18.1 Å². The van der Waals surface area contributed by atoms with Gasteiger partial charge in [-0.1, -0.05) is 6.92 Å². The third kappa shape index (κ3) is 2.47. The number of pyridine rings is 1. The Morgan fingerprint density at radius 1 is 1.56 bits per heavy atom. The van der Waals surface area contributed by atoms with Gasteiger partial charge in [-0.3, -0.25) is 0 Å². The summed E-state index contributed by atoms with van der Waals surface area (Å²) in [4.78, 5) is 4.41. The molecule has 0 aliphatic rings. The highest BCUT2D eigenvalue weighted by Crippen LogP contribution is 2.09. The van der Waals surface area contributed by atoms with Crippen molar-refractivity contribution in [3.8, 4) is 0 Å². The molecule has 2 rings (SSSR count). The summed E-state index contributed by atoms with van der Waals surface area (Å²) < 4.78 is 1.79. The van der Waals surface area contributed by atoms with Crippen LogP contribution in [0, 0.1) is 6.92 Å². The zero-order valence-electron chi connectivity index (χ0n) is 9.77. The monoisotopic (exact) mass is 236 g/mol. The molecule has 2 aromatic rings. The van der Waals surface area contributed by atoms with Gasteiger partial charge in [0.2, 0.25) is 5.95 Å². The zero-order chi connectivity index (χ0) is 11.5. The van der Waals surface area contributed by atoms with Crippen molar-refractivity contribution in [2.24, 2.45) is 0 Å². The lowest BCUT2D eigenvalue weighted by atomic mass is 10.3. The van der Waals surface area contributed by atoms with E-state index >= 15 is 0 Å².